The number of nitrogens with one attached hydrogen (secondary N) is 1. The lowest BCUT2D eigenvalue weighted by Crippen LogP contribution is -2.48. The number of ether oxygens (including phenoxy) is 2. The van der Waals surface area contributed by atoms with Gasteiger partial charge in [0.05, 0.1) is 13.2 Å². The van der Waals surface area contributed by atoms with Crippen LogP contribution < -0.4 is 5.32 Å². The SMILES string of the molecule is COC[C@](C)(CCO)NC[C@@H]1CCOC1. The Labute approximate surface area is 92.0 Å². The molecule has 1 aliphatic heterocycles. The monoisotopic (exact) mass is 217 g/mol. The normalized spacial score (nSPS) is 25.4. The van der Waals surface area contributed by atoms with Crippen LogP contribution in [0, 0.1) is 5.92 Å². The molecule has 0 aromatic heterocycles. The quantitative estimate of drug-likeness (QED) is 0.648. The summed E-state index contributed by atoms with van der Waals surface area (Å²) in [6.07, 6.45) is 1.85. The molecule has 1 rings (SSSR count). The molecule has 2 atom stereocenters. The van der Waals surface area contributed by atoms with Gasteiger partial charge in [0.25, 0.3) is 0 Å². The topological polar surface area (TPSA) is 50.7 Å². The molecule has 1 saturated heterocycles. The maximum absolute atomic E-state index is 9.00. The minimum atomic E-state index is -0.119. The zero-order valence-corrected chi connectivity index (χ0v) is 9.79. The van der Waals surface area contributed by atoms with Crippen LogP contribution in [0.2, 0.25) is 0 Å². The highest BCUT2D eigenvalue weighted by Gasteiger charge is 2.25. The standard InChI is InChI=1S/C11H23NO3/c1-11(4-5-13,9-14-2)12-7-10-3-6-15-8-10/h10,12-13H,3-9H2,1-2H3/t10-,11-/m0/s1. The van der Waals surface area contributed by atoms with Crippen molar-refractivity contribution in [1.82, 2.24) is 5.32 Å². The third kappa shape index (κ3) is 4.47. The summed E-state index contributed by atoms with van der Waals surface area (Å²) in [5.41, 5.74) is -0.119. The van der Waals surface area contributed by atoms with Crippen LogP contribution in [0.5, 0.6) is 0 Å². The fourth-order valence-corrected chi connectivity index (χ4v) is 1.91. The number of hydrogen-bond acceptors (Lipinski definition) is 4. The summed E-state index contributed by atoms with van der Waals surface area (Å²) in [7, 11) is 1.69. The molecule has 0 aromatic rings. The van der Waals surface area contributed by atoms with E-state index in [-0.39, 0.29) is 12.1 Å². The van der Waals surface area contributed by atoms with Crippen molar-refractivity contribution in [1.29, 1.82) is 0 Å². The molecule has 90 valence electrons. The van der Waals surface area contributed by atoms with Crippen molar-refractivity contribution in [2.75, 3.05) is 40.1 Å². The molecule has 0 amide bonds. The molecular formula is C11H23NO3. The summed E-state index contributed by atoms with van der Waals surface area (Å²) in [6.45, 7) is 5.58. The highest BCUT2D eigenvalue weighted by Crippen LogP contribution is 2.15. The van der Waals surface area contributed by atoms with Crippen molar-refractivity contribution in [2.45, 2.75) is 25.3 Å². The molecular weight excluding hydrogens is 194 g/mol. The first kappa shape index (κ1) is 12.9. The van der Waals surface area contributed by atoms with Crippen LogP contribution in [0.25, 0.3) is 0 Å². The molecule has 1 aliphatic rings. The van der Waals surface area contributed by atoms with Gasteiger partial charge in [-0.15, -0.1) is 0 Å². The molecule has 4 nitrogen and oxygen atoms in total. The van der Waals surface area contributed by atoms with E-state index in [1.807, 2.05) is 0 Å². The van der Waals surface area contributed by atoms with E-state index >= 15 is 0 Å². The number of aliphatic hydroxyl groups excluding tert-OH is 1. The Bertz CT molecular complexity index is 163. The molecule has 1 heterocycles. The first-order valence-corrected chi connectivity index (χ1v) is 5.63. The molecule has 0 spiro atoms. The predicted octanol–water partition coefficient (Wildman–Crippen LogP) is 0.400. The lowest BCUT2D eigenvalue weighted by atomic mass is 9.98. The number of rotatable bonds is 7. The average molecular weight is 217 g/mol. The van der Waals surface area contributed by atoms with Gasteiger partial charge >= 0.3 is 0 Å². The molecule has 15 heavy (non-hydrogen) atoms. The van der Waals surface area contributed by atoms with E-state index in [0.717, 1.165) is 26.2 Å². The molecule has 0 aliphatic carbocycles. The predicted molar refractivity (Wildman–Crippen MR) is 58.9 cm³/mol. The third-order valence-electron chi connectivity index (χ3n) is 2.97. The van der Waals surface area contributed by atoms with Crippen LogP contribution in [-0.4, -0.2) is 50.7 Å². The van der Waals surface area contributed by atoms with E-state index in [1.54, 1.807) is 7.11 Å². The van der Waals surface area contributed by atoms with Crippen LogP contribution in [0.3, 0.4) is 0 Å². The van der Waals surface area contributed by atoms with Gasteiger partial charge in [-0.3, -0.25) is 0 Å². The third-order valence-corrected chi connectivity index (χ3v) is 2.97. The second-order valence-electron chi connectivity index (χ2n) is 4.58. The van der Waals surface area contributed by atoms with Crippen LogP contribution in [-0.2, 0) is 9.47 Å². The first-order chi connectivity index (χ1) is 7.20. The summed E-state index contributed by atoms with van der Waals surface area (Å²) >= 11 is 0. The number of aliphatic hydroxyl groups is 1. The van der Waals surface area contributed by atoms with Gasteiger partial charge in [0.15, 0.2) is 0 Å². The maximum Gasteiger partial charge on any atom is 0.0642 e. The van der Waals surface area contributed by atoms with E-state index in [1.165, 1.54) is 0 Å². The molecule has 0 radical (unpaired) electrons. The highest BCUT2D eigenvalue weighted by atomic mass is 16.5. The van der Waals surface area contributed by atoms with Gasteiger partial charge in [-0.25, -0.2) is 0 Å². The van der Waals surface area contributed by atoms with Gasteiger partial charge in [0, 0.05) is 32.4 Å². The molecule has 1 fully saturated rings. The van der Waals surface area contributed by atoms with Crippen molar-refractivity contribution in [3.05, 3.63) is 0 Å². The van der Waals surface area contributed by atoms with Gasteiger partial charge in [0.2, 0.25) is 0 Å². The lowest BCUT2D eigenvalue weighted by molar-refractivity contribution is 0.0938. The second-order valence-corrected chi connectivity index (χ2v) is 4.58. The Morgan fingerprint density at radius 1 is 1.60 bits per heavy atom. The zero-order valence-electron chi connectivity index (χ0n) is 9.79. The maximum atomic E-state index is 9.00. The lowest BCUT2D eigenvalue weighted by Gasteiger charge is -2.30. The minimum Gasteiger partial charge on any atom is -0.396 e. The molecule has 2 N–H and O–H groups in total. The van der Waals surface area contributed by atoms with Gasteiger partial charge in [-0.05, 0) is 25.7 Å². The Balaban J connectivity index is 2.29. The second kappa shape index (κ2) is 6.43. The van der Waals surface area contributed by atoms with Crippen LogP contribution in [0.15, 0.2) is 0 Å². The van der Waals surface area contributed by atoms with E-state index in [9.17, 15) is 0 Å². The van der Waals surface area contributed by atoms with E-state index < -0.39 is 0 Å². The first-order valence-electron chi connectivity index (χ1n) is 5.63. The Morgan fingerprint density at radius 2 is 2.40 bits per heavy atom. The minimum absolute atomic E-state index is 0.119. The Hall–Kier alpha value is -0.160. The molecule has 0 saturated carbocycles. The zero-order chi connectivity index (χ0) is 11.1. The summed E-state index contributed by atoms with van der Waals surface area (Å²) in [5.74, 6) is 0.611. The van der Waals surface area contributed by atoms with E-state index in [4.69, 9.17) is 14.6 Å². The van der Waals surface area contributed by atoms with Gasteiger partial charge < -0.3 is 19.9 Å². The molecule has 0 bridgehead atoms. The van der Waals surface area contributed by atoms with Crippen molar-refractivity contribution in [2.24, 2.45) is 5.92 Å². The number of methoxy groups -OCH3 is 1. The summed E-state index contributed by atoms with van der Waals surface area (Å²) in [5, 5.41) is 12.5. The van der Waals surface area contributed by atoms with E-state index in [2.05, 4.69) is 12.2 Å². The Kier molecular flexibility index (Phi) is 5.53. The summed E-state index contributed by atoms with van der Waals surface area (Å²) in [4.78, 5) is 0. The fraction of sp³-hybridized carbons (Fsp3) is 1.00. The number of hydrogen-bond donors (Lipinski definition) is 2. The van der Waals surface area contributed by atoms with Gasteiger partial charge in [0.1, 0.15) is 0 Å². The Morgan fingerprint density at radius 3 is 2.93 bits per heavy atom. The van der Waals surface area contributed by atoms with Crippen LogP contribution in [0.4, 0.5) is 0 Å². The largest absolute Gasteiger partial charge is 0.396 e. The van der Waals surface area contributed by atoms with Gasteiger partial charge in [-0.2, -0.15) is 0 Å². The van der Waals surface area contributed by atoms with Crippen molar-refractivity contribution >= 4 is 0 Å². The highest BCUT2D eigenvalue weighted by molar-refractivity contribution is 4.84. The average Bonchev–Trinajstić information content (AvgIpc) is 2.68. The fourth-order valence-electron chi connectivity index (χ4n) is 1.91. The molecule has 0 unspecified atom stereocenters. The molecule has 4 heteroatoms. The van der Waals surface area contributed by atoms with Crippen LogP contribution >= 0.6 is 0 Å². The van der Waals surface area contributed by atoms with E-state index in [0.29, 0.717) is 18.9 Å². The smallest absolute Gasteiger partial charge is 0.0642 e. The summed E-state index contributed by atoms with van der Waals surface area (Å²) < 4.78 is 10.5. The van der Waals surface area contributed by atoms with Crippen molar-refractivity contribution < 1.29 is 14.6 Å². The summed E-state index contributed by atoms with van der Waals surface area (Å²) in [6, 6.07) is 0. The van der Waals surface area contributed by atoms with Crippen LogP contribution in [0.1, 0.15) is 19.8 Å². The van der Waals surface area contributed by atoms with Crippen molar-refractivity contribution in [3.8, 4) is 0 Å². The van der Waals surface area contributed by atoms with Gasteiger partial charge in [-0.1, -0.05) is 0 Å². The molecule has 0 aromatic carbocycles. The van der Waals surface area contributed by atoms with Crippen molar-refractivity contribution in [3.63, 3.8) is 0 Å².